The highest BCUT2D eigenvalue weighted by atomic mass is 16.3. The Bertz CT molecular complexity index is 285. The predicted molar refractivity (Wildman–Crippen MR) is 61.8 cm³/mol. The zero-order chi connectivity index (χ0) is 10.7. The molecule has 0 amide bonds. The summed E-state index contributed by atoms with van der Waals surface area (Å²) in [6.45, 7) is 2.41. The van der Waals surface area contributed by atoms with Crippen LogP contribution >= 0.6 is 0 Å². The second-order valence-corrected chi connectivity index (χ2v) is 4.99. The molecule has 2 heteroatoms. The van der Waals surface area contributed by atoms with Crippen LogP contribution in [0.5, 0.6) is 0 Å². The molecule has 1 saturated carbocycles. The first-order valence-electron chi connectivity index (χ1n) is 5.94. The third-order valence-electron chi connectivity index (χ3n) is 3.92. The molecular weight excluding hydrogens is 186 g/mol. The highest BCUT2D eigenvalue weighted by Gasteiger charge is 2.36. The van der Waals surface area contributed by atoms with Crippen molar-refractivity contribution in [3.05, 3.63) is 24.2 Å². The molecule has 1 aliphatic rings. The molecule has 0 aromatic carbocycles. The number of rotatable bonds is 4. The van der Waals surface area contributed by atoms with Gasteiger partial charge in [0.2, 0.25) is 0 Å². The maximum absolute atomic E-state index is 5.43. The smallest absolute Gasteiger partial charge is 0.105 e. The van der Waals surface area contributed by atoms with Crippen molar-refractivity contribution in [1.29, 1.82) is 0 Å². The summed E-state index contributed by atoms with van der Waals surface area (Å²) in [5.74, 6) is 1.10. The molecule has 0 radical (unpaired) electrons. The molecule has 1 unspecified atom stereocenters. The van der Waals surface area contributed by atoms with Gasteiger partial charge in [0, 0.05) is 12.5 Å². The first kappa shape index (κ1) is 10.7. The van der Waals surface area contributed by atoms with Gasteiger partial charge < -0.3 is 9.73 Å². The Morgan fingerprint density at radius 2 is 2.20 bits per heavy atom. The van der Waals surface area contributed by atoms with Crippen LogP contribution in [0.4, 0.5) is 0 Å². The minimum absolute atomic E-state index is 0.460. The fourth-order valence-electron chi connectivity index (χ4n) is 2.86. The lowest BCUT2D eigenvalue weighted by Crippen LogP contribution is -2.41. The molecule has 1 fully saturated rings. The first-order chi connectivity index (χ1) is 7.24. The summed E-state index contributed by atoms with van der Waals surface area (Å²) in [4.78, 5) is 0. The van der Waals surface area contributed by atoms with E-state index in [0.717, 1.165) is 12.2 Å². The molecule has 0 spiro atoms. The van der Waals surface area contributed by atoms with E-state index >= 15 is 0 Å². The second-order valence-electron chi connectivity index (χ2n) is 4.99. The molecule has 84 valence electrons. The van der Waals surface area contributed by atoms with E-state index < -0.39 is 0 Å². The second kappa shape index (κ2) is 4.40. The van der Waals surface area contributed by atoms with Crippen LogP contribution in [0.15, 0.2) is 22.8 Å². The minimum atomic E-state index is 0.460. The van der Waals surface area contributed by atoms with Crippen LogP contribution < -0.4 is 5.32 Å². The maximum Gasteiger partial charge on any atom is 0.105 e. The average molecular weight is 207 g/mol. The Morgan fingerprint density at radius 1 is 1.47 bits per heavy atom. The van der Waals surface area contributed by atoms with Gasteiger partial charge in [-0.3, -0.25) is 0 Å². The summed E-state index contributed by atoms with van der Waals surface area (Å²) in [5.41, 5.74) is 0.460. The van der Waals surface area contributed by atoms with E-state index in [9.17, 15) is 0 Å². The van der Waals surface area contributed by atoms with Crippen molar-refractivity contribution in [2.75, 3.05) is 7.05 Å². The van der Waals surface area contributed by atoms with Gasteiger partial charge in [-0.1, -0.05) is 19.8 Å². The summed E-state index contributed by atoms with van der Waals surface area (Å²) in [6, 6.07) is 4.59. The fourth-order valence-corrected chi connectivity index (χ4v) is 2.86. The largest absolute Gasteiger partial charge is 0.469 e. The van der Waals surface area contributed by atoms with Crippen LogP contribution in [-0.2, 0) is 6.42 Å². The summed E-state index contributed by atoms with van der Waals surface area (Å²) in [5, 5.41) is 3.46. The highest BCUT2D eigenvalue weighted by molar-refractivity contribution is 5.04. The molecule has 2 nitrogen and oxygen atoms in total. The van der Waals surface area contributed by atoms with E-state index in [2.05, 4.69) is 25.4 Å². The van der Waals surface area contributed by atoms with Crippen LogP contribution in [-0.4, -0.2) is 13.1 Å². The van der Waals surface area contributed by atoms with Crippen molar-refractivity contribution in [1.82, 2.24) is 5.32 Å². The van der Waals surface area contributed by atoms with Gasteiger partial charge in [-0.15, -0.1) is 0 Å². The topological polar surface area (TPSA) is 25.2 Å². The highest BCUT2D eigenvalue weighted by Crippen LogP contribution is 2.41. The van der Waals surface area contributed by atoms with E-state index in [4.69, 9.17) is 4.42 Å². The van der Waals surface area contributed by atoms with Crippen LogP contribution in [0.25, 0.3) is 0 Å². The van der Waals surface area contributed by atoms with Gasteiger partial charge in [0.1, 0.15) is 5.76 Å². The van der Waals surface area contributed by atoms with Gasteiger partial charge in [-0.2, -0.15) is 0 Å². The van der Waals surface area contributed by atoms with Crippen molar-refractivity contribution < 1.29 is 4.42 Å². The van der Waals surface area contributed by atoms with E-state index in [1.807, 2.05) is 6.07 Å². The molecule has 1 N–H and O–H groups in total. The molecule has 15 heavy (non-hydrogen) atoms. The van der Waals surface area contributed by atoms with E-state index in [-0.39, 0.29) is 0 Å². The number of hydrogen-bond acceptors (Lipinski definition) is 2. The Kier molecular flexibility index (Phi) is 3.15. The monoisotopic (exact) mass is 207 g/mol. The molecule has 0 aliphatic heterocycles. The Hall–Kier alpha value is -0.760. The van der Waals surface area contributed by atoms with Gasteiger partial charge >= 0.3 is 0 Å². The van der Waals surface area contributed by atoms with E-state index in [0.29, 0.717) is 11.5 Å². The molecule has 1 aromatic rings. The van der Waals surface area contributed by atoms with Crippen molar-refractivity contribution in [2.45, 2.75) is 45.1 Å². The minimum Gasteiger partial charge on any atom is -0.469 e. The Labute approximate surface area is 92.1 Å². The SMILES string of the molecule is CNC(Cc1ccco1)C1(C)CCCC1. The van der Waals surface area contributed by atoms with Crippen LogP contribution in [0.3, 0.4) is 0 Å². The maximum atomic E-state index is 5.43. The van der Waals surface area contributed by atoms with E-state index in [1.54, 1.807) is 6.26 Å². The standard InChI is InChI=1S/C13H21NO/c1-13(7-3-4-8-13)12(14-2)10-11-6-5-9-15-11/h5-6,9,12,14H,3-4,7-8,10H2,1-2H3. The zero-order valence-corrected chi connectivity index (χ0v) is 9.75. The fraction of sp³-hybridized carbons (Fsp3) is 0.692. The lowest BCUT2D eigenvalue weighted by Gasteiger charge is -2.33. The Morgan fingerprint density at radius 3 is 2.73 bits per heavy atom. The summed E-state index contributed by atoms with van der Waals surface area (Å²) in [7, 11) is 2.07. The van der Waals surface area contributed by atoms with Crippen LogP contribution in [0.2, 0.25) is 0 Å². The molecule has 0 bridgehead atoms. The molecule has 2 rings (SSSR count). The number of furan rings is 1. The lowest BCUT2D eigenvalue weighted by molar-refractivity contribution is 0.221. The van der Waals surface area contributed by atoms with E-state index in [1.165, 1.54) is 25.7 Å². The van der Waals surface area contributed by atoms with Crippen molar-refractivity contribution >= 4 is 0 Å². The van der Waals surface area contributed by atoms with Gasteiger partial charge in [-0.05, 0) is 37.4 Å². The van der Waals surface area contributed by atoms with Crippen molar-refractivity contribution in [2.24, 2.45) is 5.41 Å². The number of hydrogen-bond donors (Lipinski definition) is 1. The molecule has 1 aromatic heterocycles. The van der Waals surface area contributed by atoms with Gasteiger partial charge in [0.05, 0.1) is 6.26 Å². The third kappa shape index (κ3) is 2.25. The van der Waals surface area contributed by atoms with Crippen molar-refractivity contribution in [3.63, 3.8) is 0 Å². The first-order valence-corrected chi connectivity index (χ1v) is 5.94. The lowest BCUT2D eigenvalue weighted by atomic mass is 9.79. The van der Waals surface area contributed by atoms with Gasteiger partial charge in [-0.25, -0.2) is 0 Å². The third-order valence-corrected chi connectivity index (χ3v) is 3.92. The van der Waals surface area contributed by atoms with Gasteiger partial charge in [0.15, 0.2) is 0 Å². The van der Waals surface area contributed by atoms with Crippen LogP contribution in [0.1, 0.15) is 38.4 Å². The average Bonchev–Trinajstić information content (AvgIpc) is 2.85. The summed E-state index contributed by atoms with van der Waals surface area (Å²) < 4.78 is 5.43. The summed E-state index contributed by atoms with van der Waals surface area (Å²) in [6.07, 6.45) is 8.23. The Balaban J connectivity index is 2.03. The number of likely N-dealkylation sites (N-methyl/N-ethyl adjacent to an activating group) is 1. The summed E-state index contributed by atoms with van der Waals surface area (Å²) >= 11 is 0. The number of nitrogens with one attached hydrogen (secondary N) is 1. The molecule has 1 aliphatic carbocycles. The normalized spacial score (nSPS) is 21.7. The van der Waals surface area contributed by atoms with Crippen LogP contribution in [0, 0.1) is 5.41 Å². The van der Waals surface area contributed by atoms with Gasteiger partial charge in [0.25, 0.3) is 0 Å². The molecule has 1 atom stereocenters. The molecular formula is C13H21NO. The quantitative estimate of drug-likeness (QED) is 0.821. The molecule has 1 heterocycles. The zero-order valence-electron chi connectivity index (χ0n) is 9.75. The van der Waals surface area contributed by atoms with Crippen molar-refractivity contribution in [3.8, 4) is 0 Å². The molecule has 0 saturated heterocycles. The predicted octanol–water partition coefficient (Wildman–Crippen LogP) is 2.99.